The fourth-order valence-corrected chi connectivity index (χ4v) is 2.76. The zero-order chi connectivity index (χ0) is 14.0. The third kappa shape index (κ3) is 3.33. The normalized spacial score (nSPS) is 10.5. The minimum atomic E-state index is 0.0661. The van der Waals surface area contributed by atoms with Crippen molar-refractivity contribution in [1.29, 1.82) is 0 Å². The van der Waals surface area contributed by atoms with E-state index in [4.69, 9.17) is 11.6 Å². The number of thiazole rings is 1. The number of hydrogen-bond donors (Lipinski definition) is 0. The fraction of sp³-hybridized carbons (Fsp3) is 0.286. The molecule has 0 aliphatic rings. The number of benzene rings is 1. The van der Waals surface area contributed by atoms with Crippen molar-refractivity contribution in [1.82, 2.24) is 9.88 Å². The van der Waals surface area contributed by atoms with Crippen LogP contribution >= 0.6 is 22.9 Å². The van der Waals surface area contributed by atoms with Gasteiger partial charge in [0.15, 0.2) is 0 Å². The van der Waals surface area contributed by atoms with Crippen molar-refractivity contribution in [2.75, 3.05) is 14.1 Å². The second-order valence-corrected chi connectivity index (χ2v) is 6.21. The molecule has 0 radical (unpaired) electrons. The molecule has 0 fully saturated rings. The first-order chi connectivity index (χ1) is 8.97. The molecular weight excluding hydrogens is 280 g/mol. The Morgan fingerprint density at radius 1 is 1.32 bits per heavy atom. The molecule has 0 saturated heterocycles. The van der Waals surface area contributed by atoms with Gasteiger partial charge in [-0.2, -0.15) is 0 Å². The number of amides is 1. The zero-order valence-corrected chi connectivity index (χ0v) is 12.7. The molecule has 0 unspecified atom stereocenters. The summed E-state index contributed by atoms with van der Waals surface area (Å²) in [6, 6.07) is 7.59. The Bertz CT molecular complexity index is 590. The topological polar surface area (TPSA) is 33.2 Å². The van der Waals surface area contributed by atoms with Gasteiger partial charge in [0, 0.05) is 29.6 Å². The van der Waals surface area contributed by atoms with Gasteiger partial charge in [-0.25, -0.2) is 4.98 Å². The smallest absolute Gasteiger partial charge is 0.228 e. The standard InChI is InChI=1S/C14H15ClN2OS/c1-9-14(10-4-6-11(15)7-5-10)16-12(19-9)8-13(18)17(2)3/h4-7H,8H2,1-3H3. The van der Waals surface area contributed by atoms with E-state index >= 15 is 0 Å². The number of rotatable bonds is 3. The molecule has 0 aliphatic heterocycles. The first-order valence-electron chi connectivity index (χ1n) is 5.90. The van der Waals surface area contributed by atoms with E-state index < -0.39 is 0 Å². The molecule has 1 aromatic carbocycles. The molecule has 0 aliphatic carbocycles. The van der Waals surface area contributed by atoms with E-state index in [0.717, 1.165) is 21.1 Å². The lowest BCUT2D eigenvalue weighted by molar-refractivity contribution is -0.127. The predicted octanol–water partition coefficient (Wildman–Crippen LogP) is 3.40. The minimum Gasteiger partial charge on any atom is -0.348 e. The van der Waals surface area contributed by atoms with Crippen LogP contribution in [0.5, 0.6) is 0 Å². The maximum atomic E-state index is 11.7. The van der Waals surface area contributed by atoms with Crippen LogP contribution in [-0.2, 0) is 11.2 Å². The van der Waals surface area contributed by atoms with E-state index in [1.807, 2.05) is 31.2 Å². The quantitative estimate of drug-likeness (QED) is 0.869. The number of likely N-dealkylation sites (N-methyl/N-ethyl adjacent to an activating group) is 1. The Balaban J connectivity index is 2.26. The Hall–Kier alpha value is -1.39. The molecule has 19 heavy (non-hydrogen) atoms. The van der Waals surface area contributed by atoms with Gasteiger partial charge >= 0.3 is 0 Å². The highest BCUT2D eigenvalue weighted by molar-refractivity contribution is 7.12. The van der Waals surface area contributed by atoms with Crippen LogP contribution in [0.4, 0.5) is 0 Å². The maximum Gasteiger partial charge on any atom is 0.228 e. The minimum absolute atomic E-state index is 0.0661. The summed E-state index contributed by atoms with van der Waals surface area (Å²) >= 11 is 7.45. The molecule has 1 heterocycles. The average molecular weight is 295 g/mol. The second-order valence-electron chi connectivity index (χ2n) is 4.48. The summed E-state index contributed by atoms with van der Waals surface area (Å²) < 4.78 is 0. The maximum absolute atomic E-state index is 11.7. The fourth-order valence-electron chi connectivity index (χ4n) is 1.69. The summed E-state index contributed by atoms with van der Waals surface area (Å²) in [5, 5.41) is 1.56. The molecule has 0 N–H and O–H groups in total. The highest BCUT2D eigenvalue weighted by Gasteiger charge is 2.13. The van der Waals surface area contributed by atoms with E-state index in [9.17, 15) is 4.79 Å². The molecule has 0 atom stereocenters. The molecule has 2 aromatic rings. The summed E-state index contributed by atoms with van der Waals surface area (Å²) in [7, 11) is 3.51. The number of halogens is 1. The van der Waals surface area contributed by atoms with Crippen molar-refractivity contribution in [2.45, 2.75) is 13.3 Å². The number of aromatic nitrogens is 1. The Morgan fingerprint density at radius 3 is 2.53 bits per heavy atom. The van der Waals surface area contributed by atoms with Gasteiger partial charge in [-0.1, -0.05) is 23.7 Å². The van der Waals surface area contributed by atoms with Crippen molar-refractivity contribution in [3.05, 3.63) is 39.2 Å². The lowest BCUT2D eigenvalue weighted by Gasteiger charge is -2.07. The second kappa shape index (κ2) is 5.72. The van der Waals surface area contributed by atoms with Crippen LogP contribution in [0.15, 0.2) is 24.3 Å². The Kier molecular flexibility index (Phi) is 4.22. The van der Waals surface area contributed by atoms with Gasteiger partial charge in [-0.3, -0.25) is 4.79 Å². The summed E-state index contributed by atoms with van der Waals surface area (Å²) in [5.41, 5.74) is 1.96. The first-order valence-corrected chi connectivity index (χ1v) is 7.09. The van der Waals surface area contributed by atoms with Crippen LogP contribution in [0.25, 0.3) is 11.3 Å². The van der Waals surface area contributed by atoms with Gasteiger partial charge in [0.25, 0.3) is 0 Å². The summed E-state index contributed by atoms with van der Waals surface area (Å²) in [6.45, 7) is 2.02. The van der Waals surface area contributed by atoms with Gasteiger partial charge in [-0.15, -0.1) is 11.3 Å². The number of hydrogen-bond acceptors (Lipinski definition) is 3. The molecule has 2 rings (SSSR count). The predicted molar refractivity (Wildman–Crippen MR) is 79.7 cm³/mol. The van der Waals surface area contributed by atoms with Crippen molar-refractivity contribution in [2.24, 2.45) is 0 Å². The monoisotopic (exact) mass is 294 g/mol. The number of aryl methyl sites for hydroxylation is 1. The largest absolute Gasteiger partial charge is 0.348 e. The van der Waals surface area contributed by atoms with E-state index in [2.05, 4.69) is 4.98 Å². The highest BCUT2D eigenvalue weighted by Crippen LogP contribution is 2.28. The number of carbonyl (C=O) groups excluding carboxylic acids is 1. The van der Waals surface area contributed by atoms with Gasteiger partial charge < -0.3 is 4.90 Å². The summed E-state index contributed by atoms with van der Waals surface area (Å²) in [4.78, 5) is 18.9. The van der Waals surface area contributed by atoms with Gasteiger partial charge in [0.05, 0.1) is 12.1 Å². The molecule has 5 heteroatoms. The molecule has 100 valence electrons. The van der Waals surface area contributed by atoms with Crippen molar-refractivity contribution < 1.29 is 4.79 Å². The van der Waals surface area contributed by atoms with Crippen LogP contribution in [0.3, 0.4) is 0 Å². The van der Waals surface area contributed by atoms with Gasteiger partial charge in [0.1, 0.15) is 5.01 Å². The molecule has 3 nitrogen and oxygen atoms in total. The van der Waals surface area contributed by atoms with Crippen LogP contribution in [0.1, 0.15) is 9.88 Å². The van der Waals surface area contributed by atoms with Crippen LogP contribution in [-0.4, -0.2) is 29.9 Å². The lowest BCUT2D eigenvalue weighted by Crippen LogP contribution is -2.23. The molecule has 0 bridgehead atoms. The Morgan fingerprint density at radius 2 is 1.95 bits per heavy atom. The van der Waals surface area contributed by atoms with E-state index in [1.54, 1.807) is 30.3 Å². The van der Waals surface area contributed by atoms with Gasteiger partial charge in [0.2, 0.25) is 5.91 Å². The zero-order valence-electron chi connectivity index (χ0n) is 11.1. The summed E-state index contributed by atoms with van der Waals surface area (Å²) in [6.07, 6.45) is 0.353. The number of nitrogens with zero attached hydrogens (tertiary/aromatic N) is 2. The highest BCUT2D eigenvalue weighted by atomic mass is 35.5. The van der Waals surface area contributed by atoms with Crippen molar-refractivity contribution >= 4 is 28.8 Å². The van der Waals surface area contributed by atoms with Crippen molar-refractivity contribution in [3.8, 4) is 11.3 Å². The third-order valence-electron chi connectivity index (χ3n) is 2.76. The van der Waals surface area contributed by atoms with Gasteiger partial charge in [-0.05, 0) is 19.1 Å². The summed E-state index contributed by atoms with van der Waals surface area (Å²) in [5.74, 6) is 0.0661. The molecular formula is C14H15ClN2OS. The average Bonchev–Trinajstić information content (AvgIpc) is 2.71. The van der Waals surface area contributed by atoms with Crippen LogP contribution in [0, 0.1) is 6.92 Å². The third-order valence-corrected chi connectivity index (χ3v) is 3.98. The van der Waals surface area contributed by atoms with E-state index in [-0.39, 0.29) is 5.91 Å². The van der Waals surface area contributed by atoms with E-state index in [0.29, 0.717) is 11.4 Å². The SMILES string of the molecule is Cc1sc(CC(=O)N(C)C)nc1-c1ccc(Cl)cc1. The van der Waals surface area contributed by atoms with E-state index in [1.165, 1.54) is 0 Å². The lowest BCUT2D eigenvalue weighted by atomic mass is 10.1. The molecule has 0 spiro atoms. The van der Waals surface area contributed by atoms with Crippen molar-refractivity contribution in [3.63, 3.8) is 0 Å². The Labute approximate surface area is 121 Å². The molecule has 1 amide bonds. The molecule has 1 aromatic heterocycles. The van der Waals surface area contributed by atoms with Crippen LogP contribution < -0.4 is 0 Å². The van der Waals surface area contributed by atoms with Crippen LogP contribution in [0.2, 0.25) is 5.02 Å². The first kappa shape index (κ1) is 14.0. The number of carbonyl (C=O) groups is 1. The molecule has 0 saturated carbocycles.